The van der Waals surface area contributed by atoms with Gasteiger partial charge in [0, 0.05) is 18.7 Å². The third-order valence-corrected chi connectivity index (χ3v) is 4.69. The molecule has 0 radical (unpaired) electrons. The molecule has 0 spiro atoms. The van der Waals surface area contributed by atoms with E-state index in [1.165, 1.54) is 11.6 Å². The number of benzene rings is 2. The molecule has 0 aromatic heterocycles. The van der Waals surface area contributed by atoms with Crippen molar-refractivity contribution in [3.63, 3.8) is 0 Å². The van der Waals surface area contributed by atoms with Crippen LogP contribution in [0, 0.1) is 5.82 Å². The number of hydrogen-bond donors (Lipinski definition) is 0. The first-order valence-corrected chi connectivity index (χ1v) is 9.68. The minimum Gasteiger partial charge on any atom is -0.490 e. The molecule has 0 unspecified atom stereocenters. The first-order chi connectivity index (χ1) is 13.3. The lowest BCUT2D eigenvalue weighted by molar-refractivity contribution is 0.0374. The monoisotopic (exact) mass is 373 g/mol. The summed E-state index contributed by atoms with van der Waals surface area (Å²) in [6.45, 7) is 7.49. The third-order valence-electron chi connectivity index (χ3n) is 4.69. The second kappa shape index (κ2) is 10.3. The van der Waals surface area contributed by atoms with E-state index in [-0.39, 0.29) is 12.4 Å². The fraction of sp³-hybridized carbons (Fsp3) is 0.455. The highest BCUT2D eigenvalue weighted by molar-refractivity contribution is 5.43. The Bertz CT molecular complexity index is 716. The average Bonchev–Trinajstić information content (AvgIpc) is 2.69. The van der Waals surface area contributed by atoms with E-state index in [1.54, 1.807) is 12.1 Å². The SMILES string of the molecule is CCOc1cc(CCCN2CCOCC2)ccc1OCc1ccccc1F. The fourth-order valence-electron chi connectivity index (χ4n) is 3.20. The Morgan fingerprint density at radius 2 is 1.85 bits per heavy atom. The van der Waals surface area contributed by atoms with Gasteiger partial charge in [0.15, 0.2) is 11.5 Å². The van der Waals surface area contributed by atoms with Crippen LogP contribution in [0.1, 0.15) is 24.5 Å². The molecule has 0 bridgehead atoms. The topological polar surface area (TPSA) is 30.9 Å². The number of rotatable bonds is 9. The van der Waals surface area contributed by atoms with Gasteiger partial charge in [0.25, 0.3) is 0 Å². The Morgan fingerprint density at radius 3 is 2.63 bits per heavy atom. The summed E-state index contributed by atoms with van der Waals surface area (Å²) >= 11 is 0. The van der Waals surface area contributed by atoms with Crippen LogP contribution in [0.2, 0.25) is 0 Å². The molecule has 5 heteroatoms. The number of hydrogen-bond acceptors (Lipinski definition) is 4. The average molecular weight is 373 g/mol. The van der Waals surface area contributed by atoms with Crippen LogP contribution < -0.4 is 9.47 Å². The Morgan fingerprint density at radius 1 is 1.04 bits per heavy atom. The van der Waals surface area contributed by atoms with Gasteiger partial charge >= 0.3 is 0 Å². The largest absolute Gasteiger partial charge is 0.490 e. The summed E-state index contributed by atoms with van der Waals surface area (Å²) in [6.07, 6.45) is 2.09. The van der Waals surface area contributed by atoms with Gasteiger partial charge in [-0.25, -0.2) is 4.39 Å². The number of ether oxygens (including phenoxy) is 3. The lowest BCUT2D eigenvalue weighted by atomic mass is 10.1. The third kappa shape index (κ3) is 5.94. The molecule has 1 aliphatic heterocycles. The molecule has 1 saturated heterocycles. The normalized spacial score (nSPS) is 14.9. The van der Waals surface area contributed by atoms with Gasteiger partial charge in [-0.05, 0) is 50.1 Å². The molecule has 1 aliphatic rings. The van der Waals surface area contributed by atoms with E-state index >= 15 is 0 Å². The zero-order chi connectivity index (χ0) is 18.9. The van der Waals surface area contributed by atoms with Crippen LogP contribution in [0.15, 0.2) is 42.5 Å². The summed E-state index contributed by atoms with van der Waals surface area (Å²) < 4.78 is 30.7. The second-order valence-corrected chi connectivity index (χ2v) is 6.65. The van der Waals surface area contributed by atoms with E-state index in [0.717, 1.165) is 51.4 Å². The maximum Gasteiger partial charge on any atom is 0.161 e. The molecule has 0 saturated carbocycles. The van der Waals surface area contributed by atoms with Gasteiger partial charge in [-0.3, -0.25) is 4.90 Å². The zero-order valence-corrected chi connectivity index (χ0v) is 16.0. The highest BCUT2D eigenvalue weighted by Crippen LogP contribution is 2.30. The molecule has 146 valence electrons. The quantitative estimate of drug-likeness (QED) is 0.663. The Kier molecular flexibility index (Phi) is 7.48. The first kappa shape index (κ1) is 19.6. The summed E-state index contributed by atoms with van der Waals surface area (Å²) in [5.41, 5.74) is 1.76. The highest BCUT2D eigenvalue weighted by atomic mass is 19.1. The predicted molar refractivity (Wildman–Crippen MR) is 104 cm³/mol. The summed E-state index contributed by atoms with van der Waals surface area (Å²) in [5.74, 6) is 1.12. The van der Waals surface area contributed by atoms with Gasteiger partial charge in [0.2, 0.25) is 0 Å². The highest BCUT2D eigenvalue weighted by Gasteiger charge is 2.11. The van der Waals surface area contributed by atoms with Gasteiger partial charge in [-0.2, -0.15) is 0 Å². The molecule has 0 N–H and O–H groups in total. The summed E-state index contributed by atoms with van der Waals surface area (Å²) in [7, 11) is 0. The number of halogens is 1. The standard InChI is InChI=1S/C22H28FNO3/c1-2-26-22-16-18(6-5-11-24-12-14-25-15-13-24)9-10-21(22)27-17-19-7-3-4-8-20(19)23/h3-4,7-10,16H,2,5-6,11-15,17H2,1H3. The van der Waals surface area contributed by atoms with E-state index in [1.807, 2.05) is 25.1 Å². The lowest BCUT2D eigenvalue weighted by Crippen LogP contribution is -2.36. The smallest absolute Gasteiger partial charge is 0.161 e. The predicted octanol–water partition coefficient (Wildman–Crippen LogP) is 4.07. The lowest BCUT2D eigenvalue weighted by Gasteiger charge is -2.26. The number of nitrogens with zero attached hydrogens (tertiary/aromatic N) is 1. The van der Waals surface area contributed by atoms with Gasteiger partial charge in [-0.1, -0.05) is 24.3 Å². The maximum atomic E-state index is 13.8. The Balaban J connectivity index is 1.57. The van der Waals surface area contributed by atoms with E-state index in [0.29, 0.717) is 17.9 Å². The minimum atomic E-state index is -0.254. The fourth-order valence-corrected chi connectivity index (χ4v) is 3.20. The van der Waals surface area contributed by atoms with Crippen LogP contribution in [-0.2, 0) is 17.8 Å². The molecule has 1 fully saturated rings. The molecule has 3 rings (SSSR count). The van der Waals surface area contributed by atoms with E-state index in [9.17, 15) is 4.39 Å². The van der Waals surface area contributed by atoms with Crippen LogP contribution in [0.4, 0.5) is 4.39 Å². The summed E-state index contributed by atoms with van der Waals surface area (Å²) in [5, 5.41) is 0. The molecule has 2 aromatic carbocycles. The van der Waals surface area contributed by atoms with Gasteiger partial charge in [-0.15, -0.1) is 0 Å². The molecular weight excluding hydrogens is 345 g/mol. The molecular formula is C22H28FNO3. The van der Waals surface area contributed by atoms with Gasteiger partial charge < -0.3 is 14.2 Å². The van der Waals surface area contributed by atoms with Crippen LogP contribution in [0.3, 0.4) is 0 Å². The van der Waals surface area contributed by atoms with Crippen molar-refractivity contribution in [2.24, 2.45) is 0 Å². The Hall–Kier alpha value is -2.11. The van der Waals surface area contributed by atoms with E-state index < -0.39 is 0 Å². The van der Waals surface area contributed by atoms with Crippen LogP contribution in [-0.4, -0.2) is 44.4 Å². The van der Waals surface area contributed by atoms with Crippen molar-refractivity contribution in [2.45, 2.75) is 26.4 Å². The van der Waals surface area contributed by atoms with Gasteiger partial charge in [0.05, 0.1) is 19.8 Å². The minimum absolute atomic E-state index is 0.184. The van der Waals surface area contributed by atoms with Gasteiger partial charge in [0.1, 0.15) is 12.4 Å². The molecule has 2 aromatic rings. The van der Waals surface area contributed by atoms with Crippen LogP contribution >= 0.6 is 0 Å². The Labute approximate surface area is 160 Å². The summed E-state index contributed by atoms with van der Waals surface area (Å²) in [6, 6.07) is 12.7. The molecule has 0 aliphatic carbocycles. The molecule has 0 amide bonds. The second-order valence-electron chi connectivity index (χ2n) is 6.65. The first-order valence-electron chi connectivity index (χ1n) is 9.68. The van der Waals surface area contributed by atoms with Crippen molar-refractivity contribution < 1.29 is 18.6 Å². The number of aryl methyl sites for hydroxylation is 1. The summed E-state index contributed by atoms with van der Waals surface area (Å²) in [4.78, 5) is 2.44. The molecule has 4 nitrogen and oxygen atoms in total. The van der Waals surface area contributed by atoms with Crippen LogP contribution in [0.25, 0.3) is 0 Å². The van der Waals surface area contributed by atoms with Crippen molar-refractivity contribution in [3.8, 4) is 11.5 Å². The maximum absolute atomic E-state index is 13.8. The van der Waals surface area contributed by atoms with Crippen molar-refractivity contribution in [3.05, 3.63) is 59.4 Å². The molecule has 1 heterocycles. The number of morpholine rings is 1. The molecule has 27 heavy (non-hydrogen) atoms. The van der Waals surface area contributed by atoms with E-state index in [2.05, 4.69) is 11.0 Å². The van der Waals surface area contributed by atoms with Crippen molar-refractivity contribution in [1.82, 2.24) is 4.90 Å². The van der Waals surface area contributed by atoms with Crippen molar-refractivity contribution in [2.75, 3.05) is 39.5 Å². The zero-order valence-electron chi connectivity index (χ0n) is 16.0. The van der Waals surface area contributed by atoms with Crippen LogP contribution in [0.5, 0.6) is 11.5 Å². The van der Waals surface area contributed by atoms with E-state index in [4.69, 9.17) is 14.2 Å². The van der Waals surface area contributed by atoms with Crippen molar-refractivity contribution in [1.29, 1.82) is 0 Å². The molecule has 0 atom stereocenters. The van der Waals surface area contributed by atoms with Crippen molar-refractivity contribution >= 4 is 0 Å².